The molecule has 0 saturated carbocycles. The Balaban J connectivity index is 1.83. The van der Waals surface area contributed by atoms with Crippen LogP contribution in [0.1, 0.15) is 0 Å². The summed E-state index contributed by atoms with van der Waals surface area (Å²) in [5.41, 5.74) is 0.466. The molecule has 0 aliphatic heterocycles. The van der Waals surface area contributed by atoms with Crippen molar-refractivity contribution in [3.8, 4) is 5.75 Å². The normalized spacial score (nSPS) is 10.3. The molecule has 5 heteroatoms. The zero-order valence-electron chi connectivity index (χ0n) is 10.00. The summed E-state index contributed by atoms with van der Waals surface area (Å²) < 4.78 is 19.7. The van der Waals surface area contributed by atoms with E-state index < -0.39 is 0 Å². The molecular weight excluding hydrogens is 333 g/mol. The SMILES string of the molecule is Fc1ccccc1NCCOc1ccc(Br)cc1Cl. The van der Waals surface area contributed by atoms with E-state index in [2.05, 4.69) is 21.2 Å². The third kappa shape index (κ3) is 4.11. The van der Waals surface area contributed by atoms with E-state index in [-0.39, 0.29) is 5.82 Å². The minimum Gasteiger partial charge on any atom is -0.490 e. The highest BCUT2D eigenvalue weighted by molar-refractivity contribution is 9.10. The van der Waals surface area contributed by atoms with Gasteiger partial charge in [-0.1, -0.05) is 39.7 Å². The Bertz CT molecular complexity index is 565. The van der Waals surface area contributed by atoms with Gasteiger partial charge in [0.25, 0.3) is 0 Å². The molecule has 0 aromatic heterocycles. The summed E-state index contributed by atoms with van der Waals surface area (Å²) in [4.78, 5) is 0. The number of benzene rings is 2. The summed E-state index contributed by atoms with van der Waals surface area (Å²) in [6, 6.07) is 11.9. The molecule has 2 aromatic rings. The molecule has 0 saturated heterocycles. The highest BCUT2D eigenvalue weighted by Crippen LogP contribution is 2.27. The first kappa shape index (κ1) is 14.2. The Labute approximate surface area is 124 Å². The Kier molecular flexibility index (Phi) is 5.05. The molecule has 19 heavy (non-hydrogen) atoms. The number of hydrogen-bond acceptors (Lipinski definition) is 2. The van der Waals surface area contributed by atoms with E-state index >= 15 is 0 Å². The molecule has 0 radical (unpaired) electrons. The van der Waals surface area contributed by atoms with E-state index in [1.807, 2.05) is 6.07 Å². The van der Waals surface area contributed by atoms with Crippen molar-refractivity contribution >= 4 is 33.2 Å². The molecule has 0 heterocycles. The fourth-order valence-electron chi connectivity index (χ4n) is 1.54. The van der Waals surface area contributed by atoms with E-state index in [9.17, 15) is 4.39 Å². The smallest absolute Gasteiger partial charge is 0.146 e. The Morgan fingerprint density at radius 2 is 2.00 bits per heavy atom. The molecule has 0 aliphatic carbocycles. The van der Waals surface area contributed by atoms with E-state index in [0.717, 1.165) is 4.47 Å². The van der Waals surface area contributed by atoms with Crippen LogP contribution in [0.5, 0.6) is 5.75 Å². The summed E-state index contributed by atoms with van der Waals surface area (Å²) >= 11 is 9.34. The number of rotatable bonds is 5. The number of halogens is 3. The molecule has 0 bridgehead atoms. The minimum absolute atomic E-state index is 0.274. The van der Waals surface area contributed by atoms with Crippen LogP contribution in [0.2, 0.25) is 5.02 Å². The van der Waals surface area contributed by atoms with Gasteiger partial charge in [0.15, 0.2) is 0 Å². The van der Waals surface area contributed by atoms with E-state index in [4.69, 9.17) is 16.3 Å². The van der Waals surface area contributed by atoms with Crippen LogP contribution in [0.15, 0.2) is 46.9 Å². The van der Waals surface area contributed by atoms with Gasteiger partial charge in [-0.3, -0.25) is 0 Å². The topological polar surface area (TPSA) is 21.3 Å². The lowest BCUT2D eigenvalue weighted by molar-refractivity contribution is 0.333. The van der Waals surface area contributed by atoms with Crippen molar-refractivity contribution in [2.24, 2.45) is 0 Å². The molecule has 0 amide bonds. The zero-order valence-corrected chi connectivity index (χ0v) is 12.3. The number of nitrogens with one attached hydrogen (secondary N) is 1. The van der Waals surface area contributed by atoms with Crippen LogP contribution in [-0.2, 0) is 0 Å². The fraction of sp³-hybridized carbons (Fsp3) is 0.143. The van der Waals surface area contributed by atoms with Crippen molar-refractivity contribution in [3.63, 3.8) is 0 Å². The number of ether oxygens (including phenoxy) is 1. The van der Waals surface area contributed by atoms with Gasteiger partial charge in [0.2, 0.25) is 0 Å². The van der Waals surface area contributed by atoms with Gasteiger partial charge in [0, 0.05) is 11.0 Å². The summed E-state index contributed by atoms with van der Waals surface area (Å²) in [5, 5.41) is 3.50. The second-order valence-electron chi connectivity index (χ2n) is 3.83. The van der Waals surface area contributed by atoms with Crippen LogP contribution in [0.3, 0.4) is 0 Å². The molecule has 2 aromatic carbocycles. The lowest BCUT2D eigenvalue weighted by atomic mass is 10.3. The summed E-state index contributed by atoms with van der Waals surface area (Å²) in [6.07, 6.45) is 0. The predicted molar refractivity (Wildman–Crippen MR) is 79.5 cm³/mol. The predicted octanol–water partition coefficient (Wildman–Crippen LogP) is 4.73. The second-order valence-corrected chi connectivity index (χ2v) is 5.15. The Morgan fingerprint density at radius 3 is 2.74 bits per heavy atom. The standard InChI is InChI=1S/C14H12BrClFNO/c15-10-5-6-14(11(16)9-10)19-8-7-18-13-4-2-1-3-12(13)17/h1-6,9,18H,7-8H2. The first-order valence-corrected chi connectivity index (χ1v) is 6.90. The molecule has 0 unspecified atom stereocenters. The Morgan fingerprint density at radius 1 is 1.21 bits per heavy atom. The average molecular weight is 345 g/mol. The van der Waals surface area contributed by atoms with Crippen molar-refractivity contribution in [2.75, 3.05) is 18.5 Å². The minimum atomic E-state index is -0.274. The van der Waals surface area contributed by atoms with Crippen molar-refractivity contribution < 1.29 is 9.13 Å². The second kappa shape index (κ2) is 6.78. The van der Waals surface area contributed by atoms with Crippen molar-refractivity contribution in [1.29, 1.82) is 0 Å². The number of hydrogen-bond donors (Lipinski definition) is 1. The van der Waals surface area contributed by atoms with Crippen LogP contribution < -0.4 is 10.1 Å². The average Bonchev–Trinajstić information content (AvgIpc) is 2.38. The zero-order chi connectivity index (χ0) is 13.7. The monoisotopic (exact) mass is 343 g/mol. The maximum atomic E-state index is 13.3. The van der Waals surface area contributed by atoms with Gasteiger partial charge in [-0.05, 0) is 30.3 Å². The molecule has 1 N–H and O–H groups in total. The maximum absolute atomic E-state index is 13.3. The van der Waals surface area contributed by atoms with Crippen molar-refractivity contribution in [1.82, 2.24) is 0 Å². The van der Waals surface area contributed by atoms with Crippen LogP contribution in [0.25, 0.3) is 0 Å². The number of anilines is 1. The quantitative estimate of drug-likeness (QED) is 0.792. The molecule has 0 spiro atoms. The molecule has 0 atom stereocenters. The lowest BCUT2D eigenvalue weighted by Crippen LogP contribution is -2.12. The van der Waals surface area contributed by atoms with E-state index in [0.29, 0.717) is 29.6 Å². The van der Waals surface area contributed by atoms with Gasteiger partial charge >= 0.3 is 0 Å². The first-order chi connectivity index (χ1) is 9.16. The van der Waals surface area contributed by atoms with Gasteiger partial charge in [-0.2, -0.15) is 0 Å². The fourth-order valence-corrected chi connectivity index (χ4v) is 2.27. The van der Waals surface area contributed by atoms with Crippen molar-refractivity contribution in [3.05, 3.63) is 57.8 Å². The molecule has 100 valence electrons. The Hall–Kier alpha value is -1.26. The van der Waals surface area contributed by atoms with Crippen LogP contribution in [0.4, 0.5) is 10.1 Å². The van der Waals surface area contributed by atoms with Crippen LogP contribution >= 0.6 is 27.5 Å². The third-order valence-electron chi connectivity index (χ3n) is 2.44. The van der Waals surface area contributed by atoms with Gasteiger partial charge in [-0.25, -0.2) is 4.39 Å². The molecule has 0 fully saturated rings. The summed E-state index contributed by atoms with van der Waals surface area (Å²) in [5.74, 6) is 0.337. The van der Waals surface area contributed by atoms with Crippen molar-refractivity contribution in [2.45, 2.75) is 0 Å². The van der Waals surface area contributed by atoms with Gasteiger partial charge in [-0.15, -0.1) is 0 Å². The van der Waals surface area contributed by atoms with Gasteiger partial charge in [0.1, 0.15) is 18.2 Å². The van der Waals surface area contributed by atoms with Gasteiger partial charge < -0.3 is 10.1 Å². The highest BCUT2D eigenvalue weighted by atomic mass is 79.9. The van der Waals surface area contributed by atoms with Crippen LogP contribution in [0, 0.1) is 5.82 Å². The van der Waals surface area contributed by atoms with E-state index in [1.54, 1.807) is 30.3 Å². The maximum Gasteiger partial charge on any atom is 0.146 e. The third-order valence-corrected chi connectivity index (χ3v) is 3.23. The molecular formula is C14H12BrClFNO. The number of para-hydroxylation sites is 1. The van der Waals surface area contributed by atoms with E-state index in [1.165, 1.54) is 6.07 Å². The summed E-state index contributed by atoms with van der Waals surface area (Å²) in [7, 11) is 0. The largest absolute Gasteiger partial charge is 0.490 e. The summed E-state index contributed by atoms with van der Waals surface area (Å²) in [6.45, 7) is 0.892. The van der Waals surface area contributed by atoms with Crippen LogP contribution in [-0.4, -0.2) is 13.2 Å². The lowest BCUT2D eigenvalue weighted by Gasteiger charge is -2.10. The first-order valence-electron chi connectivity index (χ1n) is 5.73. The highest BCUT2D eigenvalue weighted by Gasteiger charge is 2.02. The molecule has 2 rings (SSSR count). The molecule has 0 aliphatic rings. The van der Waals surface area contributed by atoms with Gasteiger partial charge in [0.05, 0.1) is 10.7 Å². The molecule has 2 nitrogen and oxygen atoms in total.